The van der Waals surface area contributed by atoms with Gasteiger partial charge in [0, 0.05) is 37.9 Å². The van der Waals surface area contributed by atoms with Crippen LogP contribution in [0.1, 0.15) is 53.5 Å². The number of carbonyl (C=O) groups is 2. The molecule has 1 atom stereocenters. The topological polar surface area (TPSA) is 70.5 Å². The van der Waals surface area contributed by atoms with Gasteiger partial charge >= 0.3 is 0 Å². The van der Waals surface area contributed by atoms with E-state index in [1.165, 1.54) is 5.56 Å². The molecule has 0 spiro atoms. The molecule has 0 radical (unpaired) electrons. The predicted molar refractivity (Wildman–Crippen MR) is 118 cm³/mol. The molecule has 160 valence electrons. The van der Waals surface area contributed by atoms with Gasteiger partial charge in [-0.05, 0) is 70.2 Å². The number of likely N-dealkylation sites (N-methyl/N-ethyl adjacent to an activating group) is 1. The number of piperidine rings is 1. The number of rotatable bonds is 5. The van der Waals surface area contributed by atoms with Crippen LogP contribution in [-0.2, 0) is 17.8 Å². The van der Waals surface area contributed by atoms with Crippen molar-refractivity contribution < 1.29 is 9.59 Å². The van der Waals surface area contributed by atoms with Crippen LogP contribution >= 0.6 is 0 Å². The maximum atomic E-state index is 12.8. The van der Waals surface area contributed by atoms with Gasteiger partial charge < -0.3 is 15.1 Å². The van der Waals surface area contributed by atoms with Gasteiger partial charge in [0.2, 0.25) is 5.91 Å². The molecular weight excluding hydrogens is 378 g/mol. The Bertz CT molecular complexity index is 980. The number of anilines is 2. The average Bonchev–Trinajstić information content (AvgIpc) is 3.04. The van der Waals surface area contributed by atoms with E-state index in [-0.39, 0.29) is 17.9 Å². The van der Waals surface area contributed by atoms with E-state index in [1.807, 2.05) is 36.9 Å². The summed E-state index contributed by atoms with van der Waals surface area (Å²) < 4.78 is 2.00. The number of hydrogen-bond donors (Lipinski definition) is 1. The highest BCUT2D eigenvalue weighted by atomic mass is 16.2. The van der Waals surface area contributed by atoms with Crippen LogP contribution in [0.4, 0.5) is 11.4 Å². The quantitative estimate of drug-likeness (QED) is 0.824. The van der Waals surface area contributed by atoms with Gasteiger partial charge in [-0.3, -0.25) is 14.3 Å². The van der Waals surface area contributed by atoms with E-state index in [1.54, 1.807) is 4.90 Å². The summed E-state index contributed by atoms with van der Waals surface area (Å²) in [6.45, 7) is 8.46. The SMILES string of the molecule is CCn1nc(C)c(CCNC(=O)c2ccc3c(c2)N(C)C(=O)[C@H]2CCCCN32)c1C. The summed E-state index contributed by atoms with van der Waals surface area (Å²) in [4.78, 5) is 29.5. The van der Waals surface area contributed by atoms with E-state index < -0.39 is 0 Å². The second-order valence-electron chi connectivity index (χ2n) is 8.28. The first-order valence-corrected chi connectivity index (χ1v) is 10.9. The van der Waals surface area contributed by atoms with Crippen LogP contribution in [0.2, 0.25) is 0 Å². The molecule has 0 aliphatic carbocycles. The maximum Gasteiger partial charge on any atom is 0.251 e. The molecule has 0 unspecified atom stereocenters. The monoisotopic (exact) mass is 409 g/mol. The molecule has 1 aromatic heterocycles. The Morgan fingerprint density at radius 2 is 2.03 bits per heavy atom. The highest BCUT2D eigenvalue weighted by molar-refractivity contribution is 6.07. The zero-order valence-electron chi connectivity index (χ0n) is 18.4. The molecule has 2 aliphatic rings. The lowest BCUT2D eigenvalue weighted by molar-refractivity contribution is -0.120. The number of nitrogens with one attached hydrogen (secondary N) is 1. The van der Waals surface area contributed by atoms with Crippen LogP contribution in [-0.4, -0.2) is 47.8 Å². The lowest BCUT2D eigenvalue weighted by Gasteiger charge is -2.44. The van der Waals surface area contributed by atoms with E-state index in [0.29, 0.717) is 12.1 Å². The van der Waals surface area contributed by atoms with Gasteiger partial charge in [0.25, 0.3) is 5.91 Å². The van der Waals surface area contributed by atoms with E-state index in [0.717, 1.165) is 61.5 Å². The van der Waals surface area contributed by atoms with Gasteiger partial charge in [0.05, 0.1) is 17.1 Å². The zero-order chi connectivity index (χ0) is 21.4. The van der Waals surface area contributed by atoms with Crippen molar-refractivity contribution in [1.29, 1.82) is 0 Å². The molecule has 3 heterocycles. The number of fused-ring (bicyclic) bond motifs is 3. The summed E-state index contributed by atoms with van der Waals surface area (Å²) in [6, 6.07) is 5.64. The van der Waals surface area contributed by atoms with Crippen LogP contribution in [0.25, 0.3) is 0 Å². The Morgan fingerprint density at radius 3 is 2.77 bits per heavy atom. The van der Waals surface area contributed by atoms with E-state index in [9.17, 15) is 9.59 Å². The molecule has 7 heteroatoms. The van der Waals surface area contributed by atoms with E-state index in [2.05, 4.69) is 29.2 Å². The minimum atomic E-state index is -0.113. The van der Waals surface area contributed by atoms with Gasteiger partial charge in [-0.1, -0.05) is 0 Å². The Morgan fingerprint density at radius 1 is 1.23 bits per heavy atom. The highest BCUT2D eigenvalue weighted by Gasteiger charge is 2.38. The first-order chi connectivity index (χ1) is 14.4. The minimum absolute atomic E-state index is 0.0635. The van der Waals surface area contributed by atoms with Crippen LogP contribution in [0.3, 0.4) is 0 Å². The fraction of sp³-hybridized carbons (Fsp3) is 0.522. The van der Waals surface area contributed by atoms with Gasteiger partial charge in [0.1, 0.15) is 6.04 Å². The Hall–Kier alpha value is -2.83. The lowest BCUT2D eigenvalue weighted by atomic mass is 9.96. The van der Waals surface area contributed by atoms with Crippen molar-refractivity contribution in [1.82, 2.24) is 15.1 Å². The molecular formula is C23H31N5O2. The Balaban J connectivity index is 1.47. The maximum absolute atomic E-state index is 12.8. The Labute approximate surface area is 178 Å². The summed E-state index contributed by atoms with van der Waals surface area (Å²) in [7, 11) is 1.81. The second kappa shape index (κ2) is 8.13. The van der Waals surface area contributed by atoms with Crippen LogP contribution in [0.5, 0.6) is 0 Å². The molecule has 1 fully saturated rings. The molecule has 0 saturated carbocycles. The molecule has 1 N–H and O–H groups in total. The third kappa shape index (κ3) is 3.46. The standard InChI is InChI=1S/C23H31N5O2/c1-5-28-16(3)18(15(2)25-28)11-12-24-22(29)17-9-10-19-21(14-17)26(4)23(30)20-8-6-7-13-27(19)20/h9-10,14,20H,5-8,11-13H2,1-4H3,(H,24,29)/t20-/m1/s1. The minimum Gasteiger partial charge on any atom is -0.358 e. The van der Waals surface area contributed by atoms with Gasteiger partial charge in [0.15, 0.2) is 0 Å². The molecule has 1 saturated heterocycles. The largest absolute Gasteiger partial charge is 0.358 e. The fourth-order valence-corrected chi connectivity index (χ4v) is 4.80. The van der Waals surface area contributed by atoms with Gasteiger partial charge in [-0.25, -0.2) is 0 Å². The smallest absolute Gasteiger partial charge is 0.251 e. The fourth-order valence-electron chi connectivity index (χ4n) is 4.80. The van der Waals surface area contributed by atoms with Gasteiger partial charge in [-0.15, -0.1) is 0 Å². The van der Waals surface area contributed by atoms with Crippen LogP contribution in [0, 0.1) is 13.8 Å². The molecule has 7 nitrogen and oxygen atoms in total. The summed E-state index contributed by atoms with van der Waals surface area (Å²) in [5.41, 5.74) is 5.84. The molecule has 2 amide bonds. The molecule has 1 aromatic carbocycles. The molecule has 0 bridgehead atoms. The lowest BCUT2D eigenvalue weighted by Crippen LogP contribution is -2.54. The summed E-state index contributed by atoms with van der Waals surface area (Å²) >= 11 is 0. The number of carbonyl (C=O) groups excluding carboxylic acids is 2. The summed E-state index contributed by atoms with van der Waals surface area (Å²) in [5.74, 6) is 0.0104. The third-order valence-corrected chi connectivity index (χ3v) is 6.52. The first kappa shape index (κ1) is 20.4. The van der Waals surface area contributed by atoms with Crippen molar-refractivity contribution in [2.75, 3.05) is 29.9 Å². The van der Waals surface area contributed by atoms with Crippen LogP contribution < -0.4 is 15.1 Å². The van der Waals surface area contributed by atoms with E-state index >= 15 is 0 Å². The number of aromatic nitrogens is 2. The molecule has 2 aromatic rings. The van der Waals surface area contributed by atoms with E-state index in [4.69, 9.17) is 0 Å². The number of nitrogens with zero attached hydrogens (tertiary/aromatic N) is 4. The highest BCUT2D eigenvalue weighted by Crippen LogP contribution is 2.39. The van der Waals surface area contributed by atoms with Crippen molar-refractivity contribution in [3.05, 3.63) is 40.7 Å². The molecule has 30 heavy (non-hydrogen) atoms. The molecule has 4 rings (SSSR count). The second-order valence-corrected chi connectivity index (χ2v) is 8.28. The third-order valence-electron chi connectivity index (χ3n) is 6.52. The van der Waals surface area contributed by atoms with Crippen molar-refractivity contribution in [2.45, 2.75) is 59.0 Å². The van der Waals surface area contributed by atoms with Gasteiger partial charge in [-0.2, -0.15) is 5.10 Å². The number of amides is 2. The van der Waals surface area contributed by atoms with Crippen molar-refractivity contribution in [3.63, 3.8) is 0 Å². The number of benzene rings is 1. The van der Waals surface area contributed by atoms with Crippen molar-refractivity contribution in [3.8, 4) is 0 Å². The number of aryl methyl sites for hydroxylation is 2. The number of hydrogen-bond acceptors (Lipinski definition) is 4. The van der Waals surface area contributed by atoms with Crippen molar-refractivity contribution in [2.24, 2.45) is 0 Å². The van der Waals surface area contributed by atoms with Crippen LogP contribution in [0.15, 0.2) is 18.2 Å². The Kier molecular flexibility index (Phi) is 5.54. The summed E-state index contributed by atoms with van der Waals surface area (Å²) in [6.07, 6.45) is 3.84. The molecule has 2 aliphatic heterocycles. The summed E-state index contributed by atoms with van der Waals surface area (Å²) in [5, 5.41) is 7.57. The predicted octanol–water partition coefficient (Wildman–Crippen LogP) is 2.83. The first-order valence-electron chi connectivity index (χ1n) is 10.9. The average molecular weight is 410 g/mol. The normalized spacial score (nSPS) is 18.3. The van der Waals surface area contributed by atoms with Crippen molar-refractivity contribution >= 4 is 23.2 Å². The zero-order valence-corrected chi connectivity index (χ0v) is 18.4.